The Morgan fingerprint density at radius 3 is 2.64 bits per heavy atom. The molecule has 14 heavy (non-hydrogen) atoms. The molecule has 3 heteroatoms. The van der Waals surface area contributed by atoms with Crippen LogP contribution in [-0.2, 0) is 0 Å². The molecule has 82 valence electrons. The van der Waals surface area contributed by atoms with Crippen molar-refractivity contribution in [3.63, 3.8) is 0 Å². The van der Waals surface area contributed by atoms with E-state index in [1.807, 2.05) is 7.05 Å². The third kappa shape index (κ3) is 2.27. The van der Waals surface area contributed by atoms with Crippen LogP contribution in [0, 0.1) is 5.41 Å². The molecule has 1 spiro atoms. The van der Waals surface area contributed by atoms with E-state index in [9.17, 15) is 0 Å². The maximum Gasteiger partial charge on any atom is 0.0477 e. The third-order valence-electron chi connectivity index (χ3n) is 3.86. The molecule has 0 bridgehead atoms. The lowest BCUT2D eigenvalue weighted by atomic mass is 9.73. The summed E-state index contributed by atoms with van der Waals surface area (Å²) in [6.45, 7) is 6.12. The van der Waals surface area contributed by atoms with Gasteiger partial charge >= 0.3 is 0 Å². The second-order valence-electron chi connectivity index (χ2n) is 4.91. The Kier molecular flexibility index (Phi) is 3.42. The maximum absolute atomic E-state index is 3.56. The fourth-order valence-electron chi connectivity index (χ4n) is 2.87. The van der Waals surface area contributed by atoms with Gasteiger partial charge in [-0.2, -0.15) is 0 Å². The summed E-state index contributed by atoms with van der Waals surface area (Å²) in [6.07, 6.45) is 5.61. The van der Waals surface area contributed by atoms with Gasteiger partial charge in [-0.1, -0.05) is 0 Å². The molecule has 0 aliphatic carbocycles. The van der Waals surface area contributed by atoms with Crippen LogP contribution in [0.3, 0.4) is 0 Å². The highest BCUT2D eigenvalue weighted by atomic mass is 15.2. The minimum Gasteiger partial charge on any atom is -0.316 e. The molecule has 3 nitrogen and oxygen atoms in total. The number of hydrogen-bond acceptors (Lipinski definition) is 3. The van der Waals surface area contributed by atoms with Crippen molar-refractivity contribution in [3.05, 3.63) is 0 Å². The average molecular weight is 197 g/mol. The Labute approximate surface area is 87.2 Å². The molecule has 2 heterocycles. The first kappa shape index (κ1) is 10.4. The van der Waals surface area contributed by atoms with E-state index in [1.54, 1.807) is 0 Å². The summed E-state index contributed by atoms with van der Waals surface area (Å²) in [5.41, 5.74) is 0.655. The lowest BCUT2D eigenvalue weighted by molar-refractivity contribution is 0.0758. The van der Waals surface area contributed by atoms with E-state index >= 15 is 0 Å². The van der Waals surface area contributed by atoms with Crippen LogP contribution in [0.25, 0.3) is 0 Å². The summed E-state index contributed by atoms with van der Waals surface area (Å²) in [4.78, 5) is 2.53. The second-order valence-corrected chi connectivity index (χ2v) is 4.91. The summed E-state index contributed by atoms with van der Waals surface area (Å²) >= 11 is 0. The Morgan fingerprint density at radius 2 is 2.07 bits per heavy atom. The van der Waals surface area contributed by atoms with Crippen LogP contribution in [0.15, 0.2) is 0 Å². The van der Waals surface area contributed by atoms with Gasteiger partial charge in [0.05, 0.1) is 0 Å². The van der Waals surface area contributed by atoms with E-state index in [0.29, 0.717) is 5.41 Å². The summed E-state index contributed by atoms with van der Waals surface area (Å²) in [5.74, 6) is 0. The number of hydrogen-bond donors (Lipinski definition) is 2. The van der Waals surface area contributed by atoms with E-state index in [0.717, 1.165) is 6.67 Å². The molecule has 0 amide bonds. The van der Waals surface area contributed by atoms with Crippen molar-refractivity contribution in [2.45, 2.75) is 25.7 Å². The SMILES string of the molecule is CNCN1CCC2(CCCNC2)CC1. The van der Waals surface area contributed by atoms with Crippen molar-refractivity contribution >= 4 is 0 Å². The number of piperidine rings is 2. The van der Waals surface area contributed by atoms with Crippen molar-refractivity contribution in [2.24, 2.45) is 5.41 Å². The van der Waals surface area contributed by atoms with Crippen molar-refractivity contribution < 1.29 is 0 Å². The highest BCUT2D eigenvalue weighted by molar-refractivity contribution is 4.90. The molecule has 0 atom stereocenters. The van der Waals surface area contributed by atoms with Gasteiger partial charge in [0.2, 0.25) is 0 Å². The van der Waals surface area contributed by atoms with Crippen molar-refractivity contribution in [1.29, 1.82) is 0 Å². The van der Waals surface area contributed by atoms with Crippen LogP contribution in [0.5, 0.6) is 0 Å². The molecule has 0 aromatic rings. The van der Waals surface area contributed by atoms with E-state index in [-0.39, 0.29) is 0 Å². The highest BCUT2D eigenvalue weighted by Crippen LogP contribution is 2.36. The Bertz CT molecular complexity index is 165. The molecule has 0 saturated carbocycles. The monoisotopic (exact) mass is 197 g/mol. The molecule has 2 aliphatic heterocycles. The maximum atomic E-state index is 3.56. The molecule has 0 aromatic heterocycles. The molecular weight excluding hydrogens is 174 g/mol. The summed E-state index contributed by atoms with van der Waals surface area (Å²) in [5, 5.41) is 6.80. The Morgan fingerprint density at radius 1 is 1.29 bits per heavy atom. The molecule has 2 N–H and O–H groups in total. The lowest BCUT2D eigenvalue weighted by Crippen LogP contribution is -2.49. The standard InChI is InChI=1S/C11H23N3/c1-12-10-14-7-4-11(5-8-14)3-2-6-13-9-11/h12-13H,2-10H2,1H3. The highest BCUT2D eigenvalue weighted by Gasteiger charge is 2.35. The van der Waals surface area contributed by atoms with Crippen molar-refractivity contribution in [3.8, 4) is 0 Å². The largest absolute Gasteiger partial charge is 0.316 e. The van der Waals surface area contributed by atoms with Gasteiger partial charge in [0.25, 0.3) is 0 Å². The Balaban J connectivity index is 1.81. The van der Waals surface area contributed by atoms with Gasteiger partial charge in [-0.05, 0) is 57.8 Å². The second kappa shape index (κ2) is 4.60. The first-order chi connectivity index (χ1) is 6.85. The number of nitrogens with zero attached hydrogens (tertiary/aromatic N) is 1. The summed E-state index contributed by atoms with van der Waals surface area (Å²) in [7, 11) is 2.03. The van der Waals surface area contributed by atoms with Crippen LogP contribution in [-0.4, -0.2) is 44.8 Å². The third-order valence-corrected chi connectivity index (χ3v) is 3.86. The minimum atomic E-state index is 0.655. The van der Waals surface area contributed by atoms with Gasteiger partial charge < -0.3 is 10.6 Å². The zero-order valence-electron chi connectivity index (χ0n) is 9.31. The van der Waals surface area contributed by atoms with Crippen molar-refractivity contribution in [2.75, 3.05) is 39.9 Å². The van der Waals surface area contributed by atoms with Gasteiger partial charge in [-0.3, -0.25) is 4.90 Å². The van der Waals surface area contributed by atoms with Crippen LogP contribution in [0.2, 0.25) is 0 Å². The van der Waals surface area contributed by atoms with E-state index < -0.39 is 0 Å². The summed E-state index contributed by atoms with van der Waals surface area (Å²) < 4.78 is 0. The number of likely N-dealkylation sites (tertiary alicyclic amines) is 1. The van der Waals surface area contributed by atoms with Gasteiger partial charge in [-0.15, -0.1) is 0 Å². The van der Waals surface area contributed by atoms with Crippen LogP contribution >= 0.6 is 0 Å². The van der Waals surface area contributed by atoms with E-state index in [1.165, 1.54) is 51.9 Å². The van der Waals surface area contributed by atoms with Gasteiger partial charge in [0.15, 0.2) is 0 Å². The molecule has 2 fully saturated rings. The van der Waals surface area contributed by atoms with Gasteiger partial charge in [-0.25, -0.2) is 0 Å². The first-order valence-corrected chi connectivity index (χ1v) is 5.92. The van der Waals surface area contributed by atoms with E-state index in [2.05, 4.69) is 15.5 Å². The molecule has 0 radical (unpaired) electrons. The first-order valence-electron chi connectivity index (χ1n) is 5.92. The quantitative estimate of drug-likeness (QED) is 0.680. The van der Waals surface area contributed by atoms with Crippen LogP contribution in [0.1, 0.15) is 25.7 Å². The molecule has 0 unspecified atom stereocenters. The number of nitrogens with one attached hydrogen (secondary N) is 2. The molecule has 2 saturated heterocycles. The molecule has 2 aliphatic rings. The van der Waals surface area contributed by atoms with Crippen LogP contribution in [0.4, 0.5) is 0 Å². The lowest BCUT2D eigenvalue weighted by Gasteiger charge is -2.44. The molecule has 0 aromatic carbocycles. The normalized spacial score (nSPS) is 28.1. The predicted molar refractivity (Wildman–Crippen MR) is 59.3 cm³/mol. The minimum absolute atomic E-state index is 0.655. The number of rotatable bonds is 2. The molecular formula is C11H23N3. The zero-order chi connectivity index (χ0) is 9.86. The topological polar surface area (TPSA) is 27.3 Å². The van der Waals surface area contributed by atoms with E-state index in [4.69, 9.17) is 0 Å². The molecule has 2 rings (SSSR count). The van der Waals surface area contributed by atoms with Crippen LogP contribution < -0.4 is 10.6 Å². The zero-order valence-corrected chi connectivity index (χ0v) is 9.31. The summed E-state index contributed by atoms with van der Waals surface area (Å²) in [6, 6.07) is 0. The van der Waals surface area contributed by atoms with Gasteiger partial charge in [0, 0.05) is 13.2 Å². The average Bonchev–Trinajstić information content (AvgIpc) is 2.24. The Hall–Kier alpha value is -0.120. The smallest absolute Gasteiger partial charge is 0.0477 e. The fourth-order valence-corrected chi connectivity index (χ4v) is 2.87. The van der Waals surface area contributed by atoms with Gasteiger partial charge in [0.1, 0.15) is 0 Å². The predicted octanol–water partition coefficient (Wildman–Crippen LogP) is 0.629. The van der Waals surface area contributed by atoms with Crippen molar-refractivity contribution in [1.82, 2.24) is 15.5 Å². The fraction of sp³-hybridized carbons (Fsp3) is 1.00.